The predicted octanol–water partition coefficient (Wildman–Crippen LogP) is 1.24. The number of tetrazole rings is 1. The van der Waals surface area contributed by atoms with Gasteiger partial charge in [-0.15, -0.1) is 5.10 Å². The first-order valence-corrected chi connectivity index (χ1v) is 6.91. The van der Waals surface area contributed by atoms with Gasteiger partial charge in [0, 0.05) is 37.7 Å². The fourth-order valence-electron chi connectivity index (χ4n) is 1.60. The first-order chi connectivity index (χ1) is 9.72. The average Bonchev–Trinajstić information content (AvgIpc) is 2.83. The molecule has 1 aromatic heterocycles. The van der Waals surface area contributed by atoms with Gasteiger partial charge in [-0.2, -0.15) is 0 Å². The van der Waals surface area contributed by atoms with Crippen molar-refractivity contribution >= 4 is 11.8 Å². The van der Waals surface area contributed by atoms with E-state index >= 15 is 0 Å². The van der Waals surface area contributed by atoms with E-state index in [4.69, 9.17) is 4.74 Å². The summed E-state index contributed by atoms with van der Waals surface area (Å²) >= 11 is 1.34. The Kier molecular flexibility index (Phi) is 5.45. The van der Waals surface area contributed by atoms with Crippen LogP contribution in [-0.4, -0.2) is 40.5 Å². The van der Waals surface area contributed by atoms with E-state index in [1.165, 1.54) is 17.8 Å². The van der Waals surface area contributed by atoms with Crippen LogP contribution in [0.4, 0.5) is 4.39 Å². The molecule has 0 spiro atoms. The summed E-state index contributed by atoms with van der Waals surface area (Å²) in [7, 11) is 3.38. The molecule has 0 aliphatic carbocycles. The lowest BCUT2D eigenvalue weighted by Crippen LogP contribution is -2.19. The fraction of sp³-hybridized carbons (Fsp3) is 0.417. The van der Waals surface area contributed by atoms with Gasteiger partial charge < -0.3 is 10.1 Å². The van der Waals surface area contributed by atoms with E-state index in [0.717, 1.165) is 4.90 Å². The smallest absolute Gasteiger partial charge is 0.213 e. The summed E-state index contributed by atoms with van der Waals surface area (Å²) in [4.78, 5) is 0.799. The van der Waals surface area contributed by atoms with E-state index in [2.05, 4.69) is 20.8 Å². The first-order valence-electron chi connectivity index (χ1n) is 6.09. The van der Waals surface area contributed by atoms with Crippen molar-refractivity contribution in [1.29, 1.82) is 0 Å². The number of hydrogen-bond acceptors (Lipinski definition) is 6. The topological polar surface area (TPSA) is 64.9 Å². The van der Waals surface area contributed by atoms with Gasteiger partial charge in [0.1, 0.15) is 5.82 Å². The number of aryl methyl sites for hydroxylation is 1. The van der Waals surface area contributed by atoms with Crippen molar-refractivity contribution in [2.45, 2.75) is 16.6 Å². The predicted molar refractivity (Wildman–Crippen MR) is 72.9 cm³/mol. The quantitative estimate of drug-likeness (QED) is 0.776. The maximum atomic E-state index is 13.9. The molecule has 8 heteroatoms. The second-order valence-corrected chi connectivity index (χ2v) is 5.08. The number of nitrogens with one attached hydrogen (secondary N) is 1. The van der Waals surface area contributed by atoms with Gasteiger partial charge in [-0.3, -0.25) is 0 Å². The van der Waals surface area contributed by atoms with E-state index in [1.54, 1.807) is 24.9 Å². The molecular weight excluding hydrogens is 281 g/mol. The number of halogens is 1. The van der Waals surface area contributed by atoms with Crippen LogP contribution in [0.15, 0.2) is 28.3 Å². The van der Waals surface area contributed by atoms with Crippen LogP contribution in [0.2, 0.25) is 0 Å². The largest absolute Gasteiger partial charge is 0.383 e. The first kappa shape index (κ1) is 14.9. The highest BCUT2D eigenvalue weighted by Gasteiger charge is 2.12. The van der Waals surface area contributed by atoms with Crippen molar-refractivity contribution in [1.82, 2.24) is 25.5 Å². The van der Waals surface area contributed by atoms with Gasteiger partial charge in [0.15, 0.2) is 0 Å². The Morgan fingerprint density at radius 1 is 1.45 bits per heavy atom. The molecule has 0 atom stereocenters. The summed E-state index contributed by atoms with van der Waals surface area (Å²) < 4.78 is 20.4. The van der Waals surface area contributed by atoms with Crippen LogP contribution in [0.3, 0.4) is 0 Å². The van der Waals surface area contributed by atoms with Crippen molar-refractivity contribution in [2.24, 2.45) is 7.05 Å². The summed E-state index contributed by atoms with van der Waals surface area (Å²) in [5, 5.41) is 15.0. The summed E-state index contributed by atoms with van der Waals surface area (Å²) in [6, 6.07) is 4.99. The zero-order valence-corrected chi connectivity index (χ0v) is 12.2. The third-order valence-electron chi connectivity index (χ3n) is 2.64. The zero-order chi connectivity index (χ0) is 14.4. The number of hydrogen-bond donors (Lipinski definition) is 1. The number of nitrogens with zero attached hydrogens (tertiary/aromatic N) is 4. The lowest BCUT2D eigenvalue weighted by molar-refractivity contribution is 0.199. The Bertz CT molecular complexity index is 563. The minimum absolute atomic E-state index is 0.241. The number of methoxy groups -OCH3 is 1. The van der Waals surface area contributed by atoms with Gasteiger partial charge in [-0.25, -0.2) is 9.07 Å². The summed E-state index contributed by atoms with van der Waals surface area (Å²) in [5.74, 6) is -0.241. The highest BCUT2D eigenvalue weighted by molar-refractivity contribution is 7.99. The molecule has 1 aromatic carbocycles. The molecule has 0 amide bonds. The molecule has 1 heterocycles. The van der Waals surface area contributed by atoms with Crippen LogP contribution < -0.4 is 5.32 Å². The van der Waals surface area contributed by atoms with E-state index in [-0.39, 0.29) is 5.82 Å². The molecule has 0 unspecified atom stereocenters. The van der Waals surface area contributed by atoms with E-state index in [9.17, 15) is 4.39 Å². The molecule has 0 bridgehead atoms. The highest BCUT2D eigenvalue weighted by Crippen LogP contribution is 2.29. The van der Waals surface area contributed by atoms with Gasteiger partial charge in [0.25, 0.3) is 0 Å². The number of ether oxygens (including phenoxy) is 1. The van der Waals surface area contributed by atoms with Crippen molar-refractivity contribution in [3.63, 3.8) is 0 Å². The highest BCUT2D eigenvalue weighted by atomic mass is 32.2. The second kappa shape index (κ2) is 7.32. The molecule has 1 N–H and O–H groups in total. The van der Waals surface area contributed by atoms with Gasteiger partial charge in [0.2, 0.25) is 5.16 Å². The Hall–Kier alpha value is -1.51. The lowest BCUT2D eigenvalue weighted by Gasteiger charge is -2.10. The van der Waals surface area contributed by atoms with Gasteiger partial charge >= 0.3 is 0 Å². The maximum Gasteiger partial charge on any atom is 0.213 e. The summed E-state index contributed by atoms with van der Waals surface area (Å²) in [5.41, 5.74) is 0.608. The van der Waals surface area contributed by atoms with Crippen LogP contribution in [0.25, 0.3) is 0 Å². The van der Waals surface area contributed by atoms with Gasteiger partial charge in [-0.05, 0) is 34.3 Å². The number of benzene rings is 1. The SMILES string of the molecule is COCCNCc1c(F)cccc1Sc1nnnn1C. The van der Waals surface area contributed by atoms with Crippen LogP contribution in [0, 0.1) is 5.82 Å². The van der Waals surface area contributed by atoms with Crippen molar-refractivity contribution in [2.75, 3.05) is 20.3 Å². The van der Waals surface area contributed by atoms with Gasteiger partial charge in [0.05, 0.1) is 6.61 Å². The Morgan fingerprint density at radius 2 is 2.30 bits per heavy atom. The molecule has 20 heavy (non-hydrogen) atoms. The van der Waals surface area contributed by atoms with Crippen molar-refractivity contribution in [3.8, 4) is 0 Å². The standard InChI is InChI=1S/C12H16FN5OS/c1-18-12(15-16-17-18)20-11-5-3-4-10(13)9(11)8-14-6-7-19-2/h3-5,14H,6-8H2,1-2H3. The third-order valence-corrected chi connectivity index (χ3v) is 3.77. The molecule has 0 aliphatic rings. The molecule has 0 aliphatic heterocycles. The molecule has 0 fully saturated rings. The van der Waals surface area contributed by atoms with Crippen molar-refractivity contribution in [3.05, 3.63) is 29.6 Å². The maximum absolute atomic E-state index is 13.9. The lowest BCUT2D eigenvalue weighted by atomic mass is 10.2. The zero-order valence-electron chi connectivity index (χ0n) is 11.3. The van der Waals surface area contributed by atoms with Crippen LogP contribution in [0.5, 0.6) is 0 Å². The monoisotopic (exact) mass is 297 g/mol. The fourth-order valence-corrected chi connectivity index (χ4v) is 2.48. The van der Waals surface area contributed by atoms with Crippen LogP contribution in [-0.2, 0) is 18.3 Å². The minimum atomic E-state index is -0.241. The van der Waals surface area contributed by atoms with E-state index < -0.39 is 0 Å². The molecular formula is C12H16FN5OS. The minimum Gasteiger partial charge on any atom is -0.383 e. The Labute approximate surface area is 120 Å². The Balaban J connectivity index is 2.11. The molecule has 0 saturated carbocycles. The number of rotatable bonds is 7. The van der Waals surface area contributed by atoms with Gasteiger partial charge in [-0.1, -0.05) is 6.07 Å². The molecule has 6 nitrogen and oxygen atoms in total. The molecule has 0 radical (unpaired) electrons. The normalized spacial score (nSPS) is 10.9. The third kappa shape index (κ3) is 3.75. The van der Waals surface area contributed by atoms with Crippen molar-refractivity contribution < 1.29 is 9.13 Å². The molecule has 0 saturated heterocycles. The van der Waals surface area contributed by atoms with E-state index in [1.807, 2.05) is 6.07 Å². The second-order valence-electron chi connectivity index (χ2n) is 4.07. The van der Waals surface area contributed by atoms with Crippen LogP contribution in [0.1, 0.15) is 5.56 Å². The molecule has 2 rings (SSSR count). The summed E-state index contributed by atoms with van der Waals surface area (Å²) in [6.45, 7) is 1.69. The average molecular weight is 297 g/mol. The summed E-state index contributed by atoms with van der Waals surface area (Å²) in [6.07, 6.45) is 0. The molecule has 108 valence electrons. The number of aromatic nitrogens is 4. The van der Waals surface area contributed by atoms with E-state index in [0.29, 0.717) is 30.4 Å². The van der Waals surface area contributed by atoms with Crippen LogP contribution >= 0.6 is 11.8 Å². The molecule has 2 aromatic rings. The Morgan fingerprint density at radius 3 is 3.00 bits per heavy atom.